The molecule has 1 amide bonds. The van der Waals surface area contributed by atoms with E-state index in [9.17, 15) is 4.79 Å². The number of nitrogens with zero attached hydrogens (tertiary/aromatic N) is 3. The highest BCUT2D eigenvalue weighted by Gasteiger charge is 2.29. The van der Waals surface area contributed by atoms with Gasteiger partial charge in [-0.05, 0) is 38.1 Å². The number of carbonyl (C=O) groups is 1. The largest absolute Gasteiger partial charge is 0.345 e. The highest BCUT2D eigenvalue weighted by Crippen LogP contribution is 2.33. The second-order valence-corrected chi connectivity index (χ2v) is 7.24. The van der Waals surface area contributed by atoms with Crippen molar-refractivity contribution in [3.05, 3.63) is 18.2 Å². The Kier molecular flexibility index (Phi) is 3.50. The summed E-state index contributed by atoms with van der Waals surface area (Å²) in [6.45, 7) is 4.22. The van der Waals surface area contributed by atoms with Crippen LogP contribution in [0.1, 0.15) is 12.8 Å². The lowest BCUT2D eigenvalue weighted by atomic mass is 10.3. The quantitative estimate of drug-likeness (QED) is 0.944. The molecule has 0 bridgehead atoms. The SMILES string of the molecule is CN1CCN(c2nc3ccc(NC(=O)C4CC4)cc3s2)CC1. The normalized spacial score (nSPS) is 19.6. The van der Waals surface area contributed by atoms with Crippen LogP contribution in [0.15, 0.2) is 18.2 Å². The van der Waals surface area contributed by atoms with E-state index in [-0.39, 0.29) is 11.8 Å². The maximum absolute atomic E-state index is 11.9. The molecule has 116 valence electrons. The van der Waals surface area contributed by atoms with Crippen LogP contribution in [0, 0.1) is 5.92 Å². The van der Waals surface area contributed by atoms with Crippen molar-refractivity contribution in [3.8, 4) is 0 Å². The van der Waals surface area contributed by atoms with Gasteiger partial charge in [0, 0.05) is 37.8 Å². The highest BCUT2D eigenvalue weighted by atomic mass is 32.1. The standard InChI is InChI=1S/C16H20N4OS/c1-19-6-8-20(9-7-19)16-18-13-5-4-12(10-14(13)22-16)17-15(21)11-2-3-11/h4-5,10-11H,2-3,6-9H2,1H3,(H,17,21). The van der Waals surface area contributed by atoms with Crippen molar-refractivity contribution >= 4 is 38.3 Å². The fraction of sp³-hybridized carbons (Fsp3) is 0.500. The van der Waals surface area contributed by atoms with E-state index in [1.807, 2.05) is 18.2 Å². The molecule has 1 saturated heterocycles. The van der Waals surface area contributed by atoms with E-state index < -0.39 is 0 Å². The van der Waals surface area contributed by atoms with Crippen LogP contribution >= 0.6 is 11.3 Å². The van der Waals surface area contributed by atoms with Gasteiger partial charge in [0.05, 0.1) is 10.2 Å². The van der Waals surface area contributed by atoms with Crippen molar-refractivity contribution in [2.24, 2.45) is 5.92 Å². The van der Waals surface area contributed by atoms with Crippen molar-refractivity contribution in [2.45, 2.75) is 12.8 Å². The molecule has 1 aliphatic carbocycles. The zero-order chi connectivity index (χ0) is 15.1. The fourth-order valence-electron chi connectivity index (χ4n) is 2.71. The molecule has 0 unspecified atom stereocenters. The molecule has 0 spiro atoms. The van der Waals surface area contributed by atoms with Gasteiger partial charge in [0.2, 0.25) is 5.91 Å². The van der Waals surface area contributed by atoms with E-state index in [0.29, 0.717) is 0 Å². The lowest BCUT2D eigenvalue weighted by Gasteiger charge is -2.31. The summed E-state index contributed by atoms with van der Waals surface area (Å²) in [4.78, 5) is 21.3. The molecule has 2 aromatic rings. The number of thiazole rings is 1. The van der Waals surface area contributed by atoms with Crippen LogP contribution < -0.4 is 10.2 Å². The number of nitrogens with one attached hydrogen (secondary N) is 1. The van der Waals surface area contributed by atoms with Crippen molar-refractivity contribution < 1.29 is 4.79 Å². The topological polar surface area (TPSA) is 48.5 Å². The van der Waals surface area contributed by atoms with E-state index in [0.717, 1.165) is 60.1 Å². The zero-order valence-electron chi connectivity index (χ0n) is 12.7. The third kappa shape index (κ3) is 2.80. The molecule has 0 radical (unpaired) electrons. The molecule has 1 aromatic heterocycles. The average Bonchev–Trinajstić information content (AvgIpc) is 3.28. The first kappa shape index (κ1) is 14.0. The third-order valence-electron chi connectivity index (χ3n) is 4.37. The number of carbonyl (C=O) groups excluding carboxylic acids is 1. The molecule has 1 N–H and O–H groups in total. The van der Waals surface area contributed by atoms with Gasteiger partial charge in [0.25, 0.3) is 0 Å². The van der Waals surface area contributed by atoms with Crippen LogP contribution in [0.5, 0.6) is 0 Å². The predicted molar refractivity (Wildman–Crippen MR) is 90.7 cm³/mol. The van der Waals surface area contributed by atoms with Crippen molar-refractivity contribution in [2.75, 3.05) is 43.4 Å². The van der Waals surface area contributed by atoms with E-state index >= 15 is 0 Å². The Bertz CT molecular complexity index is 701. The van der Waals surface area contributed by atoms with E-state index in [1.165, 1.54) is 0 Å². The number of aromatic nitrogens is 1. The molecule has 22 heavy (non-hydrogen) atoms. The Morgan fingerprint density at radius 3 is 2.77 bits per heavy atom. The number of hydrogen-bond donors (Lipinski definition) is 1. The van der Waals surface area contributed by atoms with Crippen LogP contribution in [-0.4, -0.2) is 49.0 Å². The van der Waals surface area contributed by atoms with Gasteiger partial charge in [0.15, 0.2) is 5.13 Å². The summed E-state index contributed by atoms with van der Waals surface area (Å²) in [5, 5.41) is 4.10. The molecular weight excluding hydrogens is 296 g/mol. The second-order valence-electron chi connectivity index (χ2n) is 6.23. The van der Waals surface area contributed by atoms with Crippen LogP contribution in [0.3, 0.4) is 0 Å². The van der Waals surface area contributed by atoms with Gasteiger partial charge < -0.3 is 15.1 Å². The summed E-state index contributed by atoms with van der Waals surface area (Å²) in [5.41, 5.74) is 1.90. The van der Waals surface area contributed by atoms with Crippen LogP contribution in [0.4, 0.5) is 10.8 Å². The number of anilines is 2. The monoisotopic (exact) mass is 316 g/mol. The predicted octanol–water partition coefficient (Wildman–Crippen LogP) is 2.40. The van der Waals surface area contributed by atoms with Gasteiger partial charge in [-0.1, -0.05) is 11.3 Å². The summed E-state index contributed by atoms with van der Waals surface area (Å²) in [6.07, 6.45) is 2.06. The molecule has 1 aliphatic heterocycles. The molecule has 4 rings (SSSR count). The van der Waals surface area contributed by atoms with Crippen LogP contribution in [0.2, 0.25) is 0 Å². The van der Waals surface area contributed by atoms with Crippen LogP contribution in [0.25, 0.3) is 10.2 Å². The van der Waals surface area contributed by atoms with Crippen LogP contribution in [-0.2, 0) is 4.79 Å². The number of rotatable bonds is 3. The van der Waals surface area contributed by atoms with Crippen molar-refractivity contribution in [3.63, 3.8) is 0 Å². The first-order valence-electron chi connectivity index (χ1n) is 7.84. The zero-order valence-corrected chi connectivity index (χ0v) is 13.5. The Hall–Kier alpha value is -1.66. The smallest absolute Gasteiger partial charge is 0.227 e. The first-order valence-corrected chi connectivity index (χ1v) is 8.66. The molecule has 1 aromatic carbocycles. The van der Waals surface area contributed by atoms with E-state index in [2.05, 4.69) is 22.2 Å². The number of benzene rings is 1. The number of fused-ring (bicyclic) bond motifs is 1. The Morgan fingerprint density at radius 1 is 1.27 bits per heavy atom. The number of amides is 1. The Morgan fingerprint density at radius 2 is 2.05 bits per heavy atom. The summed E-state index contributed by atoms with van der Waals surface area (Å²) < 4.78 is 1.14. The van der Waals surface area contributed by atoms with Crippen molar-refractivity contribution in [1.29, 1.82) is 0 Å². The highest BCUT2D eigenvalue weighted by molar-refractivity contribution is 7.22. The molecule has 1 saturated carbocycles. The maximum atomic E-state index is 11.9. The lowest BCUT2D eigenvalue weighted by Crippen LogP contribution is -2.44. The molecule has 2 fully saturated rings. The molecule has 5 nitrogen and oxygen atoms in total. The number of piperazine rings is 1. The molecule has 0 atom stereocenters. The minimum Gasteiger partial charge on any atom is -0.345 e. The molecule has 2 heterocycles. The maximum Gasteiger partial charge on any atom is 0.227 e. The third-order valence-corrected chi connectivity index (χ3v) is 5.45. The van der Waals surface area contributed by atoms with Gasteiger partial charge in [-0.2, -0.15) is 0 Å². The molecular formula is C16H20N4OS. The lowest BCUT2D eigenvalue weighted by molar-refractivity contribution is -0.117. The minimum absolute atomic E-state index is 0.156. The minimum atomic E-state index is 0.156. The van der Waals surface area contributed by atoms with Gasteiger partial charge in [-0.25, -0.2) is 4.98 Å². The van der Waals surface area contributed by atoms with Crippen molar-refractivity contribution in [1.82, 2.24) is 9.88 Å². The number of hydrogen-bond acceptors (Lipinski definition) is 5. The summed E-state index contributed by atoms with van der Waals surface area (Å²) in [6, 6.07) is 6.01. The van der Waals surface area contributed by atoms with E-state index in [1.54, 1.807) is 11.3 Å². The van der Waals surface area contributed by atoms with Gasteiger partial charge >= 0.3 is 0 Å². The Labute approximate surface area is 133 Å². The van der Waals surface area contributed by atoms with Gasteiger partial charge in [-0.3, -0.25) is 4.79 Å². The average molecular weight is 316 g/mol. The van der Waals surface area contributed by atoms with Gasteiger partial charge in [0.1, 0.15) is 0 Å². The molecule has 2 aliphatic rings. The first-order chi connectivity index (χ1) is 10.7. The second kappa shape index (κ2) is 5.52. The fourth-order valence-corrected chi connectivity index (χ4v) is 3.77. The van der Waals surface area contributed by atoms with E-state index in [4.69, 9.17) is 4.98 Å². The summed E-state index contributed by atoms with van der Waals surface area (Å²) >= 11 is 1.72. The van der Waals surface area contributed by atoms with Gasteiger partial charge in [-0.15, -0.1) is 0 Å². The number of likely N-dealkylation sites (N-methyl/N-ethyl adjacent to an activating group) is 1. The molecule has 6 heteroatoms. The summed E-state index contributed by atoms with van der Waals surface area (Å²) in [7, 11) is 2.16. The Balaban J connectivity index is 1.54. The summed E-state index contributed by atoms with van der Waals surface area (Å²) in [5.74, 6) is 0.390.